The largest absolute Gasteiger partial charge is 0.481 e. The van der Waals surface area contributed by atoms with E-state index >= 15 is 0 Å². The van der Waals surface area contributed by atoms with Gasteiger partial charge in [0.2, 0.25) is 5.91 Å². The highest BCUT2D eigenvalue weighted by atomic mass is 32.2. The summed E-state index contributed by atoms with van der Waals surface area (Å²) in [6, 6.07) is 0.440. The molecule has 2 rings (SSSR count). The number of unbranched alkanes of at least 4 members (excludes halogenated alkanes) is 2. The maximum absolute atomic E-state index is 11.1. The number of rotatable bonds is 9. The molecule has 7 N–H and O–H groups in total. The fourth-order valence-corrected chi connectivity index (χ4v) is 4.25. The highest BCUT2D eigenvalue weighted by molar-refractivity contribution is 8.00. The maximum Gasteiger partial charge on any atom is 0.315 e. The molecule has 0 spiro atoms. The molecule has 0 bridgehead atoms. The van der Waals surface area contributed by atoms with Crippen molar-refractivity contribution in [3.8, 4) is 0 Å². The number of nitrogens with two attached hydrogens (primary N) is 2. The molecule has 2 heterocycles. The van der Waals surface area contributed by atoms with Crippen LogP contribution in [0.25, 0.3) is 0 Å². The zero-order valence-electron chi connectivity index (χ0n) is 13.8. The van der Waals surface area contributed by atoms with Gasteiger partial charge in [-0.2, -0.15) is 11.8 Å². The van der Waals surface area contributed by atoms with Crippen LogP contribution in [0, 0.1) is 0 Å². The summed E-state index contributed by atoms with van der Waals surface area (Å²) < 4.78 is 0. The number of hydrogen-bond acceptors (Lipinski definition) is 5. The second-order valence-electron chi connectivity index (χ2n) is 5.97. The first-order valence-corrected chi connectivity index (χ1v) is 9.37. The van der Waals surface area contributed by atoms with E-state index in [-0.39, 0.29) is 30.4 Å². The Hall–Kier alpha value is -1.48. The van der Waals surface area contributed by atoms with E-state index in [4.69, 9.17) is 16.6 Å². The maximum atomic E-state index is 11.1. The summed E-state index contributed by atoms with van der Waals surface area (Å²) in [5, 5.41) is 14.8. The molecule has 2 aliphatic heterocycles. The van der Waals surface area contributed by atoms with Crippen LogP contribution >= 0.6 is 11.8 Å². The summed E-state index contributed by atoms with van der Waals surface area (Å²) in [5.41, 5.74) is 10.0. The predicted octanol–water partition coefficient (Wildman–Crippen LogP) is 0.398. The molecular weight excluding hydrogens is 332 g/mol. The van der Waals surface area contributed by atoms with Crippen LogP contribution in [-0.4, -0.2) is 52.6 Å². The van der Waals surface area contributed by atoms with E-state index < -0.39 is 5.97 Å². The SMILES string of the molecule is NCCCCC(N)=O.O=C(O)CCCC[C@@H]1SC[C@@H]2NC(=O)N[C@@H]21. The van der Waals surface area contributed by atoms with Crippen LogP contribution in [0.2, 0.25) is 0 Å². The third-order valence-corrected chi connectivity index (χ3v) is 5.45. The molecule has 8 nitrogen and oxygen atoms in total. The number of carboxylic acid groups (broad SMARTS) is 1. The van der Waals surface area contributed by atoms with Crippen LogP contribution in [-0.2, 0) is 9.59 Å². The molecule has 0 aliphatic carbocycles. The van der Waals surface area contributed by atoms with Crippen molar-refractivity contribution < 1.29 is 19.5 Å². The van der Waals surface area contributed by atoms with E-state index in [1.54, 1.807) is 0 Å². The Labute approximate surface area is 146 Å². The highest BCUT2D eigenvalue weighted by Gasteiger charge is 2.42. The Balaban J connectivity index is 0.000000307. The fourth-order valence-electron chi connectivity index (χ4n) is 2.71. The Bertz CT molecular complexity index is 436. The lowest BCUT2D eigenvalue weighted by Gasteiger charge is -2.16. The van der Waals surface area contributed by atoms with E-state index in [2.05, 4.69) is 10.6 Å². The summed E-state index contributed by atoms with van der Waals surface area (Å²) in [7, 11) is 0. The van der Waals surface area contributed by atoms with Crippen LogP contribution in [0.5, 0.6) is 0 Å². The topological polar surface area (TPSA) is 148 Å². The number of primary amides is 1. The lowest BCUT2D eigenvalue weighted by atomic mass is 10.0. The van der Waals surface area contributed by atoms with Gasteiger partial charge in [0.05, 0.1) is 12.1 Å². The second kappa shape index (κ2) is 11.1. The van der Waals surface area contributed by atoms with E-state index in [1.165, 1.54) is 0 Å². The zero-order valence-corrected chi connectivity index (χ0v) is 14.6. The molecule has 0 unspecified atom stereocenters. The third kappa shape index (κ3) is 7.87. The normalized spacial score (nSPS) is 24.4. The lowest BCUT2D eigenvalue weighted by molar-refractivity contribution is -0.137. The number of nitrogens with one attached hydrogen (secondary N) is 2. The van der Waals surface area contributed by atoms with Gasteiger partial charge in [0.1, 0.15) is 0 Å². The molecule has 0 aromatic heterocycles. The number of carbonyl (C=O) groups excluding carboxylic acids is 2. The average Bonchev–Trinajstić information content (AvgIpc) is 3.04. The van der Waals surface area contributed by atoms with Gasteiger partial charge in [0, 0.05) is 23.8 Å². The highest BCUT2D eigenvalue weighted by Crippen LogP contribution is 2.33. The van der Waals surface area contributed by atoms with Gasteiger partial charge in [0.25, 0.3) is 0 Å². The molecule has 0 radical (unpaired) electrons. The van der Waals surface area contributed by atoms with Gasteiger partial charge in [0.15, 0.2) is 0 Å². The second-order valence-corrected chi connectivity index (χ2v) is 7.25. The van der Waals surface area contributed by atoms with Gasteiger partial charge in [-0.25, -0.2) is 4.79 Å². The van der Waals surface area contributed by atoms with Crippen LogP contribution in [0.4, 0.5) is 4.79 Å². The number of fused-ring (bicyclic) bond motifs is 1. The number of carboxylic acids is 1. The van der Waals surface area contributed by atoms with Crippen molar-refractivity contribution in [2.75, 3.05) is 12.3 Å². The molecular formula is C15H28N4O4S. The van der Waals surface area contributed by atoms with Crippen LogP contribution in [0.1, 0.15) is 44.9 Å². The molecule has 0 aromatic rings. The predicted molar refractivity (Wildman–Crippen MR) is 93.7 cm³/mol. The Morgan fingerprint density at radius 3 is 2.50 bits per heavy atom. The van der Waals surface area contributed by atoms with Crippen LogP contribution in [0.15, 0.2) is 0 Å². The van der Waals surface area contributed by atoms with Crippen molar-refractivity contribution in [2.24, 2.45) is 11.5 Å². The molecule has 138 valence electrons. The average molecular weight is 360 g/mol. The zero-order chi connectivity index (χ0) is 17.9. The molecule has 0 saturated carbocycles. The summed E-state index contributed by atoms with van der Waals surface area (Å²) in [5.74, 6) is -0.00117. The van der Waals surface area contributed by atoms with Crippen molar-refractivity contribution in [3.05, 3.63) is 0 Å². The van der Waals surface area contributed by atoms with Gasteiger partial charge in [-0.3, -0.25) is 9.59 Å². The first-order chi connectivity index (χ1) is 11.4. The third-order valence-electron chi connectivity index (χ3n) is 3.94. The summed E-state index contributed by atoms with van der Waals surface area (Å²) in [6.07, 6.45) is 5.07. The van der Waals surface area contributed by atoms with E-state index in [0.717, 1.165) is 37.9 Å². The lowest BCUT2D eigenvalue weighted by Crippen LogP contribution is -2.36. The Morgan fingerprint density at radius 1 is 1.17 bits per heavy atom. The van der Waals surface area contributed by atoms with Crippen molar-refractivity contribution in [1.82, 2.24) is 10.6 Å². The number of aliphatic carboxylic acids is 1. The first-order valence-electron chi connectivity index (χ1n) is 8.32. The molecule has 3 atom stereocenters. The molecule has 9 heteroatoms. The van der Waals surface area contributed by atoms with Crippen LogP contribution in [0.3, 0.4) is 0 Å². The first kappa shape index (κ1) is 20.6. The van der Waals surface area contributed by atoms with Crippen molar-refractivity contribution in [2.45, 2.75) is 62.3 Å². The molecule has 24 heavy (non-hydrogen) atoms. The van der Waals surface area contributed by atoms with Gasteiger partial charge in [-0.05, 0) is 32.2 Å². The van der Waals surface area contributed by atoms with E-state index in [1.807, 2.05) is 11.8 Å². The smallest absolute Gasteiger partial charge is 0.315 e. The van der Waals surface area contributed by atoms with Gasteiger partial charge in [-0.1, -0.05) is 6.42 Å². The number of carbonyl (C=O) groups is 3. The van der Waals surface area contributed by atoms with Gasteiger partial charge in [-0.15, -0.1) is 0 Å². The molecule has 3 amide bonds. The standard InChI is InChI=1S/C10H16N2O3S.C5H12N2O/c13-8(14)4-2-1-3-7-9-6(5-16-7)11-10(15)12-9;6-4-2-1-3-5(7)8/h6-7,9H,1-5H2,(H,13,14)(H2,11,12,15);1-4,6H2,(H2,7,8)/t6-,7-,9-;/m0./s1. The summed E-state index contributed by atoms with van der Waals surface area (Å²) >= 11 is 1.87. The van der Waals surface area contributed by atoms with Gasteiger partial charge >= 0.3 is 12.0 Å². The quantitative estimate of drug-likeness (QED) is 0.297. The van der Waals surface area contributed by atoms with E-state index in [9.17, 15) is 14.4 Å². The molecule has 2 saturated heterocycles. The number of urea groups is 1. The summed E-state index contributed by atoms with van der Waals surface area (Å²) in [4.78, 5) is 31.5. The summed E-state index contributed by atoms with van der Waals surface area (Å²) in [6.45, 7) is 0.646. The fraction of sp³-hybridized carbons (Fsp3) is 0.800. The number of amides is 3. The Kier molecular flexibility index (Phi) is 9.55. The monoisotopic (exact) mass is 360 g/mol. The van der Waals surface area contributed by atoms with Crippen molar-refractivity contribution >= 4 is 29.7 Å². The number of hydrogen-bond donors (Lipinski definition) is 5. The minimum absolute atomic E-state index is 0.0640. The minimum atomic E-state index is -0.729. The van der Waals surface area contributed by atoms with Crippen LogP contribution < -0.4 is 22.1 Å². The minimum Gasteiger partial charge on any atom is -0.481 e. The molecule has 2 aliphatic rings. The van der Waals surface area contributed by atoms with E-state index in [0.29, 0.717) is 18.2 Å². The van der Waals surface area contributed by atoms with Crippen molar-refractivity contribution in [3.63, 3.8) is 0 Å². The Morgan fingerprint density at radius 2 is 1.88 bits per heavy atom. The molecule has 2 fully saturated rings. The number of thioether (sulfide) groups is 1. The van der Waals surface area contributed by atoms with Crippen molar-refractivity contribution in [1.29, 1.82) is 0 Å². The van der Waals surface area contributed by atoms with Gasteiger partial charge < -0.3 is 27.2 Å². The molecule has 0 aromatic carbocycles.